The SMILES string of the molecule is O=C(O)Nc1ccccc1.[Na]. The molecule has 0 saturated heterocycles. The maximum atomic E-state index is 10.1. The monoisotopic (exact) mass is 160 g/mol. The van der Waals surface area contributed by atoms with Gasteiger partial charge in [0.25, 0.3) is 0 Å². The van der Waals surface area contributed by atoms with E-state index < -0.39 is 6.09 Å². The van der Waals surface area contributed by atoms with Gasteiger partial charge in [-0.1, -0.05) is 18.2 Å². The molecule has 1 radical (unpaired) electrons. The standard InChI is InChI=1S/C7H7NO2.Na/c9-7(10)8-6-4-2-1-3-5-6;/h1-5,8H,(H,9,10);. The van der Waals surface area contributed by atoms with Gasteiger partial charge in [-0.05, 0) is 12.1 Å². The van der Waals surface area contributed by atoms with Crippen LogP contribution in [0, 0.1) is 0 Å². The van der Waals surface area contributed by atoms with Gasteiger partial charge in [0.15, 0.2) is 0 Å². The molecule has 4 heteroatoms. The summed E-state index contributed by atoms with van der Waals surface area (Å²) in [5, 5.41) is 10.5. The third-order valence-electron chi connectivity index (χ3n) is 1.03. The van der Waals surface area contributed by atoms with E-state index in [1.165, 1.54) is 0 Å². The van der Waals surface area contributed by atoms with Crippen molar-refractivity contribution in [2.45, 2.75) is 0 Å². The molecule has 0 saturated carbocycles. The van der Waals surface area contributed by atoms with Gasteiger partial charge in [0.2, 0.25) is 0 Å². The molecule has 0 aliphatic heterocycles. The van der Waals surface area contributed by atoms with Crippen molar-refractivity contribution in [3.05, 3.63) is 30.3 Å². The minimum atomic E-state index is -1.04. The molecule has 3 nitrogen and oxygen atoms in total. The number of hydrogen-bond donors (Lipinski definition) is 2. The Kier molecular flexibility index (Phi) is 4.94. The van der Waals surface area contributed by atoms with Crippen molar-refractivity contribution in [2.24, 2.45) is 0 Å². The van der Waals surface area contributed by atoms with Gasteiger partial charge in [0.1, 0.15) is 0 Å². The Balaban J connectivity index is 0.000001000. The fraction of sp³-hybridized carbons (Fsp3) is 0. The first-order valence-electron chi connectivity index (χ1n) is 2.84. The summed E-state index contributed by atoms with van der Waals surface area (Å²) >= 11 is 0. The van der Waals surface area contributed by atoms with E-state index in [1.807, 2.05) is 6.07 Å². The summed E-state index contributed by atoms with van der Waals surface area (Å²) in [7, 11) is 0. The second-order valence-corrected chi connectivity index (χ2v) is 1.80. The van der Waals surface area contributed by atoms with Gasteiger partial charge >= 0.3 is 6.09 Å². The number of benzene rings is 1. The van der Waals surface area contributed by atoms with E-state index in [4.69, 9.17) is 5.11 Å². The molecular weight excluding hydrogens is 153 g/mol. The minimum Gasteiger partial charge on any atom is -0.465 e. The molecule has 2 N–H and O–H groups in total. The molecule has 11 heavy (non-hydrogen) atoms. The second-order valence-electron chi connectivity index (χ2n) is 1.80. The first-order chi connectivity index (χ1) is 4.79. The Morgan fingerprint density at radius 2 is 1.82 bits per heavy atom. The molecule has 0 atom stereocenters. The zero-order valence-corrected chi connectivity index (χ0v) is 8.24. The molecular formula is C7H7NNaO2. The number of nitrogens with one attached hydrogen (secondary N) is 1. The zero-order valence-electron chi connectivity index (χ0n) is 6.24. The predicted octanol–water partition coefficient (Wildman–Crippen LogP) is 1.40. The number of carbonyl (C=O) groups is 1. The summed E-state index contributed by atoms with van der Waals surface area (Å²) in [6.45, 7) is 0. The summed E-state index contributed by atoms with van der Waals surface area (Å²) in [6.07, 6.45) is -1.04. The molecule has 0 unspecified atom stereocenters. The van der Waals surface area contributed by atoms with Crippen LogP contribution in [0.4, 0.5) is 10.5 Å². The van der Waals surface area contributed by atoms with Crippen LogP contribution >= 0.6 is 0 Å². The summed E-state index contributed by atoms with van der Waals surface area (Å²) in [6, 6.07) is 8.74. The van der Waals surface area contributed by atoms with Crippen LogP contribution in [0.5, 0.6) is 0 Å². The Labute approximate surface area is 86.7 Å². The Bertz CT molecular complexity index is 225. The third-order valence-corrected chi connectivity index (χ3v) is 1.03. The van der Waals surface area contributed by atoms with E-state index >= 15 is 0 Å². The van der Waals surface area contributed by atoms with Crippen LogP contribution in [0.15, 0.2) is 30.3 Å². The van der Waals surface area contributed by atoms with E-state index in [0.29, 0.717) is 5.69 Å². The average molecular weight is 160 g/mol. The van der Waals surface area contributed by atoms with Crippen molar-refractivity contribution in [3.8, 4) is 0 Å². The number of anilines is 1. The molecule has 1 amide bonds. The molecule has 1 aromatic carbocycles. The maximum absolute atomic E-state index is 10.1. The van der Waals surface area contributed by atoms with Gasteiger partial charge in [-0.25, -0.2) is 4.79 Å². The number of hydrogen-bond acceptors (Lipinski definition) is 1. The molecule has 1 rings (SSSR count). The van der Waals surface area contributed by atoms with E-state index in [1.54, 1.807) is 24.3 Å². The van der Waals surface area contributed by atoms with Crippen LogP contribution in [0.25, 0.3) is 0 Å². The van der Waals surface area contributed by atoms with E-state index in [-0.39, 0.29) is 29.6 Å². The van der Waals surface area contributed by atoms with E-state index in [0.717, 1.165) is 0 Å². The first kappa shape index (κ1) is 10.5. The molecule has 1 aromatic rings. The maximum Gasteiger partial charge on any atom is 0.409 e. The average Bonchev–Trinajstić information content (AvgIpc) is 1.88. The fourth-order valence-corrected chi connectivity index (χ4v) is 0.645. The first-order valence-corrected chi connectivity index (χ1v) is 2.84. The normalized spacial score (nSPS) is 8.00. The Morgan fingerprint density at radius 1 is 1.27 bits per heavy atom. The van der Waals surface area contributed by atoms with Gasteiger partial charge < -0.3 is 5.11 Å². The number of para-hydroxylation sites is 1. The summed E-state index contributed by atoms with van der Waals surface area (Å²) in [5.41, 5.74) is 0.593. The number of rotatable bonds is 1. The van der Waals surface area contributed by atoms with Gasteiger partial charge in [-0.15, -0.1) is 0 Å². The number of carboxylic acid groups (broad SMARTS) is 1. The predicted molar refractivity (Wildman–Crippen MR) is 43.8 cm³/mol. The van der Waals surface area contributed by atoms with Crippen LogP contribution in [0.3, 0.4) is 0 Å². The summed E-state index contributed by atoms with van der Waals surface area (Å²) in [4.78, 5) is 10.1. The molecule has 0 fully saturated rings. The van der Waals surface area contributed by atoms with Crippen molar-refractivity contribution in [2.75, 3.05) is 5.32 Å². The zero-order chi connectivity index (χ0) is 7.40. The van der Waals surface area contributed by atoms with Gasteiger partial charge in [-0.3, -0.25) is 5.32 Å². The van der Waals surface area contributed by atoms with Gasteiger partial charge in [-0.2, -0.15) is 0 Å². The fourth-order valence-electron chi connectivity index (χ4n) is 0.645. The van der Waals surface area contributed by atoms with Crippen LogP contribution in [0.1, 0.15) is 0 Å². The molecule has 0 spiro atoms. The summed E-state index contributed by atoms with van der Waals surface area (Å²) < 4.78 is 0. The Morgan fingerprint density at radius 3 is 2.27 bits per heavy atom. The van der Waals surface area contributed by atoms with E-state index in [2.05, 4.69) is 5.32 Å². The second kappa shape index (κ2) is 5.18. The quantitative estimate of drug-likeness (QED) is 0.610. The molecule has 0 aliphatic carbocycles. The molecule has 53 valence electrons. The van der Waals surface area contributed by atoms with Crippen molar-refractivity contribution >= 4 is 41.3 Å². The van der Waals surface area contributed by atoms with Crippen molar-refractivity contribution < 1.29 is 9.90 Å². The topological polar surface area (TPSA) is 49.3 Å². The van der Waals surface area contributed by atoms with Crippen LogP contribution in [-0.4, -0.2) is 40.8 Å². The molecule has 0 aromatic heterocycles. The minimum absolute atomic E-state index is 0. The Hall–Kier alpha value is -0.510. The molecule has 0 heterocycles. The largest absolute Gasteiger partial charge is 0.465 e. The summed E-state index contributed by atoms with van der Waals surface area (Å²) in [5.74, 6) is 0. The van der Waals surface area contributed by atoms with Gasteiger partial charge in [0.05, 0.1) is 0 Å². The van der Waals surface area contributed by atoms with Crippen LogP contribution in [0.2, 0.25) is 0 Å². The van der Waals surface area contributed by atoms with Crippen molar-refractivity contribution in [1.29, 1.82) is 0 Å². The van der Waals surface area contributed by atoms with Crippen molar-refractivity contribution in [3.63, 3.8) is 0 Å². The third kappa shape index (κ3) is 4.03. The van der Waals surface area contributed by atoms with Crippen LogP contribution < -0.4 is 5.32 Å². The van der Waals surface area contributed by atoms with E-state index in [9.17, 15) is 4.79 Å². The smallest absolute Gasteiger partial charge is 0.409 e. The van der Waals surface area contributed by atoms with Gasteiger partial charge in [0, 0.05) is 35.2 Å². The number of amides is 1. The van der Waals surface area contributed by atoms with Crippen LogP contribution in [-0.2, 0) is 0 Å². The van der Waals surface area contributed by atoms with Crippen molar-refractivity contribution in [1.82, 2.24) is 0 Å². The molecule has 0 bridgehead atoms. The molecule has 0 aliphatic rings.